The van der Waals surface area contributed by atoms with Crippen LogP contribution in [0.4, 0.5) is 0 Å². The number of nitrogens with one attached hydrogen (secondary N) is 1. The predicted octanol–water partition coefficient (Wildman–Crippen LogP) is 2.74. The second-order valence-corrected chi connectivity index (χ2v) is 11.4. The van der Waals surface area contributed by atoms with Gasteiger partial charge >= 0.3 is 0 Å². The standard InChI is InChI=1S/C28H34N4O6/c1-28(2,3)23-13-20(38-30-23)14-25(34)31-11-5-4-6-18(31)16-37-19-7-8-21-17(12-19)15-32(27(21)36)22-9-10-24(33)29-26(22)35/h7-8,12-13,18,22H,4-6,9-11,14-16H2,1-3H3,(H,29,33,35)/t18-,22?/m1/s1. The van der Waals surface area contributed by atoms with Gasteiger partial charge in [0.2, 0.25) is 17.7 Å². The number of rotatable bonds is 6. The molecule has 0 saturated carbocycles. The Bertz CT molecular complexity index is 1260. The largest absolute Gasteiger partial charge is 0.491 e. The van der Waals surface area contributed by atoms with Crippen LogP contribution >= 0.6 is 0 Å². The molecule has 1 unspecified atom stereocenters. The van der Waals surface area contributed by atoms with E-state index < -0.39 is 11.9 Å². The molecule has 2 fully saturated rings. The van der Waals surface area contributed by atoms with Gasteiger partial charge in [0.25, 0.3) is 5.91 Å². The van der Waals surface area contributed by atoms with Gasteiger partial charge in [-0.15, -0.1) is 0 Å². The molecule has 10 nitrogen and oxygen atoms in total. The molecule has 0 aliphatic carbocycles. The van der Waals surface area contributed by atoms with Crippen LogP contribution in [0.15, 0.2) is 28.8 Å². The lowest BCUT2D eigenvalue weighted by Gasteiger charge is -2.35. The highest BCUT2D eigenvalue weighted by molar-refractivity contribution is 6.05. The fourth-order valence-electron chi connectivity index (χ4n) is 5.34. The predicted molar refractivity (Wildman–Crippen MR) is 136 cm³/mol. The number of nitrogens with zero attached hydrogens (tertiary/aromatic N) is 3. The van der Waals surface area contributed by atoms with E-state index >= 15 is 0 Å². The number of fused-ring (bicyclic) bond motifs is 1. The van der Waals surface area contributed by atoms with Crippen molar-refractivity contribution >= 4 is 23.6 Å². The smallest absolute Gasteiger partial charge is 0.255 e. The highest BCUT2D eigenvalue weighted by Crippen LogP contribution is 2.31. The minimum atomic E-state index is -0.650. The maximum Gasteiger partial charge on any atom is 0.255 e. The third-order valence-corrected chi connectivity index (χ3v) is 7.54. The first-order valence-electron chi connectivity index (χ1n) is 13.3. The molecule has 1 N–H and O–H groups in total. The summed E-state index contributed by atoms with van der Waals surface area (Å²) in [6.45, 7) is 7.46. The molecule has 3 aliphatic heterocycles. The molecule has 38 heavy (non-hydrogen) atoms. The maximum absolute atomic E-state index is 13.2. The van der Waals surface area contributed by atoms with Crippen molar-refractivity contribution in [2.75, 3.05) is 13.2 Å². The average molecular weight is 523 g/mol. The summed E-state index contributed by atoms with van der Waals surface area (Å²) in [5, 5.41) is 6.44. The Balaban J connectivity index is 1.21. The van der Waals surface area contributed by atoms with E-state index in [0.29, 0.717) is 43.2 Å². The number of carbonyl (C=O) groups is 4. The fraction of sp³-hybridized carbons (Fsp3) is 0.536. The number of likely N-dealkylation sites (tertiary alicyclic amines) is 1. The minimum absolute atomic E-state index is 0.00524. The molecule has 0 spiro atoms. The van der Waals surface area contributed by atoms with E-state index in [1.165, 1.54) is 4.90 Å². The Morgan fingerprint density at radius 2 is 1.97 bits per heavy atom. The monoisotopic (exact) mass is 522 g/mol. The first kappa shape index (κ1) is 25.9. The van der Waals surface area contributed by atoms with E-state index in [1.807, 2.05) is 17.0 Å². The second kappa shape index (κ2) is 10.2. The molecular formula is C28H34N4O6. The third kappa shape index (κ3) is 5.30. The molecule has 1 aromatic carbocycles. The number of amides is 4. The van der Waals surface area contributed by atoms with Crippen LogP contribution in [0.5, 0.6) is 5.75 Å². The lowest BCUT2D eigenvalue weighted by Crippen LogP contribution is -2.52. The number of hydrogen-bond donors (Lipinski definition) is 1. The zero-order chi connectivity index (χ0) is 27.0. The van der Waals surface area contributed by atoms with Gasteiger partial charge in [0.15, 0.2) is 0 Å². The van der Waals surface area contributed by atoms with E-state index in [9.17, 15) is 19.2 Å². The quantitative estimate of drug-likeness (QED) is 0.579. The summed E-state index contributed by atoms with van der Waals surface area (Å²) in [5.41, 5.74) is 2.00. The molecule has 202 valence electrons. The van der Waals surface area contributed by atoms with Crippen LogP contribution in [0.25, 0.3) is 0 Å². The van der Waals surface area contributed by atoms with E-state index in [-0.39, 0.29) is 42.0 Å². The molecule has 2 aromatic rings. The second-order valence-electron chi connectivity index (χ2n) is 11.4. The Hall–Kier alpha value is -3.69. The first-order valence-corrected chi connectivity index (χ1v) is 13.3. The van der Waals surface area contributed by atoms with Gasteiger partial charge in [-0.1, -0.05) is 25.9 Å². The fourth-order valence-corrected chi connectivity index (χ4v) is 5.34. The van der Waals surface area contributed by atoms with Crippen molar-refractivity contribution in [3.8, 4) is 5.75 Å². The Morgan fingerprint density at radius 1 is 1.16 bits per heavy atom. The molecule has 0 bridgehead atoms. The van der Waals surface area contributed by atoms with Crippen LogP contribution in [0.3, 0.4) is 0 Å². The minimum Gasteiger partial charge on any atom is -0.491 e. The molecular weight excluding hydrogens is 488 g/mol. The zero-order valence-electron chi connectivity index (χ0n) is 22.1. The van der Waals surface area contributed by atoms with Crippen LogP contribution in [-0.4, -0.2) is 63.8 Å². The van der Waals surface area contributed by atoms with Crippen LogP contribution in [0, 0.1) is 0 Å². The van der Waals surface area contributed by atoms with Gasteiger partial charge in [0.1, 0.15) is 24.2 Å². The van der Waals surface area contributed by atoms with Crippen molar-refractivity contribution in [3.63, 3.8) is 0 Å². The van der Waals surface area contributed by atoms with Crippen molar-refractivity contribution in [2.24, 2.45) is 0 Å². The van der Waals surface area contributed by atoms with Gasteiger partial charge in [-0.05, 0) is 49.4 Å². The van der Waals surface area contributed by atoms with Crippen molar-refractivity contribution in [1.29, 1.82) is 0 Å². The van der Waals surface area contributed by atoms with Crippen LogP contribution in [0.2, 0.25) is 0 Å². The van der Waals surface area contributed by atoms with E-state index in [0.717, 1.165) is 30.5 Å². The topological polar surface area (TPSA) is 122 Å². The average Bonchev–Trinajstić information content (AvgIpc) is 3.47. The van der Waals surface area contributed by atoms with E-state index in [1.54, 1.807) is 12.1 Å². The maximum atomic E-state index is 13.2. The molecule has 0 radical (unpaired) electrons. The number of carbonyl (C=O) groups excluding carboxylic acids is 4. The SMILES string of the molecule is CC(C)(C)c1cc(CC(=O)N2CCCC[C@@H]2COc2ccc3c(c2)CN(C2CCC(=O)NC2=O)C3=O)on1. The van der Waals surface area contributed by atoms with Crippen molar-refractivity contribution in [3.05, 3.63) is 46.8 Å². The molecule has 4 heterocycles. The molecule has 2 atom stereocenters. The van der Waals surface area contributed by atoms with Gasteiger partial charge < -0.3 is 19.1 Å². The van der Waals surface area contributed by atoms with Crippen molar-refractivity contribution in [1.82, 2.24) is 20.3 Å². The lowest BCUT2D eigenvalue weighted by atomic mass is 9.92. The van der Waals surface area contributed by atoms with Crippen LogP contribution in [0.1, 0.15) is 80.3 Å². The summed E-state index contributed by atoms with van der Waals surface area (Å²) in [6.07, 6.45) is 3.52. The number of piperidine rings is 2. The normalized spacial score (nSPS) is 21.9. The summed E-state index contributed by atoms with van der Waals surface area (Å²) >= 11 is 0. The van der Waals surface area contributed by atoms with Gasteiger partial charge in [-0.2, -0.15) is 0 Å². The first-order chi connectivity index (χ1) is 18.1. The molecule has 1 aromatic heterocycles. The number of hydrogen-bond acceptors (Lipinski definition) is 7. The summed E-state index contributed by atoms with van der Waals surface area (Å²) in [7, 11) is 0. The Labute approximate surface area is 221 Å². The van der Waals surface area contributed by atoms with Gasteiger partial charge in [0, 0.05) is 36.6 Å². The highest BCUT2D eigenvalue weighted by atomic mass is 16.5. The van der Waals surface area contributed by atoms with E-state index in [2.05, 4.69) is 31.2 Å². The van der Waals surface area contributed by atoms with Gasteiger partial charge in [-0.3, -0.25) is 24.5 Å². The van der Waals surface area contributed by atoms with Crippen LogP contribution in [-0.2, 0) is 32.8 Å². The summed E-state index contributed by atoms with van der Waals surface area (Å²) < 4.78 is 11.5. The molecule has 2 saturated heterocycles. The zero-order valence-corrected chi connectivity index (χ0v) is 22.1. The van der Waals surface area contributed by atoms with Gasteiger partial charge in [0.05, 0.1) is 18.2 Å². The number of aromatic nitrogens is 1. The summed E-state index contributed by atoms with van der Waals surface area (Å²) in [5.74, 6) is 0.220. The lowest BCUT2D eigenvalue weighted by molar-refractivity contribution is -0.137. The third-order valence-electron chi connectivity index (χ3n) is 7.54. The summed E-state index contributed by atoms with van der Waals surface area (Å²) in [6, 6.07) is 6.45. The van der Waals surface area contributed by atoms with E-state index in [4.69, 9.17) is 9.26 Å². The Morgan fingerprint density at radius 3 is 2.71 bits per heavy atom. The molecule has 4 amide bonds. The van der Waals surface area contributed by atoms with Crippen LogP contribution < -0.4 is 10.1 Å². The Kier molecular flexibility index (Phi) is 6.98. The molecule has 10 heteroatoms. The molecule has 5 rings (SSSR count). The highest BCUT2D eigenvalue weighted by Gasteiger charge is 2.39. The number of imide groups is 1. The number of benzene rings is 1. The van der Waals surface area contributed by atoms with Crippen molar-refractivity contribution < 1.29 is 28.4 Å². The molecule has 3 aliphatic rings. The summed E-state index contributed by atoms with van der Waals surface area (Å²) in [4.78, 5) is 53.3. The van der Waals surface area contributed by atoms with Crippen molar-refractivity contribution in [2.45, 2.75) is 83.3 Å². The number of ether oxygens (including phenoxy) is 1. The van der Waals surface area contributed by atoms with Gasteiger partial charge in [-0.25, -0.2) is 0 Å².